The number of aliphatic hydroxyl groups is 1. The molecule has 0 aliphatic carbocycles. The molecule has 0 aliphatic heterocycles. The number of aliphatic hydroxyl groups excluding tert-OH is 1. The van der Waals surface area contributed by atoms with Crippen molar-refractivity contribution in [2.75, 3.05) is 0 Å². The third-order valence-electron chi connectivity index (χ3n) is 5.53. The summed E-state index contributed by atoms with van der Waals surface area (Å²) < 4.78 is 0. The third-order valence-corrected chi connectivity index (χ3v) is 5.53. The van der Waals surface area contributed by atoms with E-state index in [4.69, 9.17) is 0 Å². The highest BCUT2D eigenvalue weighted by atomic mass is 16.3. The predicted molar refractivity (Wildman–Crippen MR) is 119 cm³/mol. The molecule has 0 bridgehead atoms. The van der Waals surface area contributed by atoms with E-state index >= 15 is 0 Å². The van der Waals surface area contributed by atoms with Crippen molar-refractivity contribution in [3.05, 3.63) is 114 Å². The molecule has 5 aromatic rings. The van der Waals surface area contributed by atoms with Gasteiger partial charge in [0.15, 0.2) is 0 Å². The molecule has 5 aromatic carbocycles. The van der Waals surface area contributed by atoms with Crippen molar-refractivity contribution in [2.24, 2.45) is 0 Å². The van der Waals surface area contributed by atoms with E-state index in [9.17, 15) is 10.2 Å². The Hall–Kier alpha value is -3.62. The van der Waals surface area contributed by atoms with Crippen LogP contribution in [0.2, 0.25) is 0 Å². The SMILES string of the molecule is Oc1ccc2ccccc2c1-c1c(C(O)c2ccccc2)ccc2ccccc12. The van der Waals surface area contributed by atoms with Crippen LogP contribution in [0.1, 0.15) is 17.2 Å². The van der Waals surface area contributed by atoms with Gasteiger partial charge in [0, 0.05) is 5.56 Å². The molecule has 0 radical (unpaired) electrons. The summed E-state index contributed by atoms with van der Waals surface area (Å²) in [5, 5.41) is 26.3. The number of aromatic hydroxyl groups is 1. The molecule has 1 unspecified atom stereocenters. The van der Waals surface area contributed by atoms with Crippen molar-refractivity contribution in [1.29, 1.82) is 0 Å². The summed E-state index contributed by atoms with van der Waals surface area (Å²) in [7, 11) is 0. The molecular weight excluding hydrogens is 356 g/mol. The Morgan fingerprint density at radius 2 is 1.07 bits per heavy atom. The van der Waals surface area contributed by atoms with Gasteiger partial charge in [-0.2, -0.15) is 0 Å². The van der Waals surface area contributed by atoms with Gasteiger partial charge in [0.1, 0.15) is 11.9 Å². The Morgan fingerprint density at radius 3 is 1.76 bits per heavy atom. The first-order chi connectivity index (χ1) is 14.2. The fraction of sp³-hybridized carbons (Fsp3) is 0.0370. The summed E-state index contributed by atoms with van der Waals surface area (Å²) in [5.41, 5.74) is 3.23. The summed E-state index contributed by atoms with van der Waals surface area (Å²) in [6, 6.07) is 33.4. The summed E-state index contributed by atoms with van der Waals surface area (Å²) >= 11 is 0. The Labute approximate surface area is 169 Å². The maximum absolute atomic E-state index is 11.3. The molecule has 140 valence electrons. The van der Waals surface area contributed by atoms with Gasteiger partial charge in [-0.05, 0) is 44.3 Å². The minimum atomic E-state index is -0.797. The molecule has 0 amide bonds. The number of rotatable bonds is 3. The van der Waals surface area contributed by atoms with E-state index in [0.717, 1.165) is 43.8 Å². The Balaban J connectivity index is 1.89. The van der Waals surface area contributed by atoms with Crippen LogP contribution in [0.15, 0.2) is 103 Å². The van der Waals surface area contributed by atoms with Crippen LogP contribution in [0.4, 0.5) is 0 Å². The maximum Gasteiger partial charge on any atom is 0.124 e. The second kappa shape index (κ2) is 7.08. The summed E-state index contributed by atoms with van der Waals surface area (Å²) in [5.74, 6) is 0.210. The highest BCUT2D eigenvalue weighted by Gasteiger charge is 2.21. The standard InChI is InChI=1S/C27H20O2/c28-24-17-15-19-9-5-7-13-22(19)26(24)25-21-12-6-4-8-18(21)14-16-23(25)27(29)20-10-2-1-3-11-20/h1-17,27-29H. The number of phenolic OH excluding ortho intramolecular Hbond substituents is 1. The van der Waals surface area contributed by atoms with Crippen LogP contribution in [0.5, 0.6) is 5.75 Å². The highest BCUT2D eigenvalue weighted by Crippen LogP contribution is 2.44. The fourth-order valence-electron chi connectivity index (χ4n) is 4.13. The van der Waals surface area contributed by atoms with Gasteiger partial charge in [0.25, 0.3) is 0 Å². The highest BCUT2D eigenvalue weighted by molar-refractivity contribution is 6.08. The normalized spacial score (nSPS) is 12.3. The summed E-state index contributed by atoms with van der Waals surface area (Å²) in [4.78, 5) is 0. The van der Waals surface area contributed by atoms with Gasteiger partial charge in [-0.1, -0.05) is 97.1 Å². The second-order valence-electron chi connectivity index (χ2n) is 7.24. The lowest BCUT2D eigenvalue weighted by molar-refractivity contribution is 0.221. The zero-order valence-corrected chi connectivity index (χ0v) is 15.8. The quantitative estimate of drug-likeness (QED) is 0.380. The average molecular weight is 376 g/mol. The van der Waals surface area contributed by atoms with Crippen LogP contribution >= 0.6 is 0 Å². The number of hydrogen-bond donors (Lipinski definition) is 2. The Bertz CT molecular complexity index is 1320. The molecule has 1 atom stereocenters. The minimum Gasteiger partial charge on any atom is -0.507 e. The van der Waals surface area contributed by atoms with Gasteiger partial charge in [-0.15, -0.1) is 0 Å². The van der Waals surface area contributed by atoms with E-state index in [0.29, 0.717) is 0 Å². The molecular formula is C27H20O2. The number of phenols is 1. The molecule has 0 saturated heterocycles. The average Bonchev–Trinajstić information content (AvgIpc) is 2.79. The first kappa shape index (κ1) is 17.5. The van der Waals surface area contributed by atoms with Gasteiger partial charge < -0.3 is 10.2 Å². The van der Waals surface area contributed by atoms with Crippen LogP contribution in [0.3, 0.4) is 0 Å². The molecule has 5 rings (SSSR count). The molecule has 29 heavy (non-hydrogen) atoms. The van der Waals surface area contributed by atoms with Crippen LogP contribution in [-0.2, 0) is 0 Å². The maximum atomic E-state index is 11.3. The lowest BCUT2D eigenvalue weighted by Crippen LogP contribution is -2.03. The topological polar surface area (TPSA) is 40.5 Å². The largest absolute Gasteiger partial charge is 0.507 e. The van der Waals surface area contributed by atoms with E-state index in [2.05, 4.69) is 6.07 Å². The molecule has 2 N–H and O–H groups in total. The Kier molecular flexibility index (Phi) is 4.27. The third kappa shape index (κ3) is 2.95. The molecule has 0 fully saturated rings. The van der Waals surface area contributed by atoms with Crippen molar-refractivity contribution in [1.82, 2.24) is 0 Å². The molecule has 0 heterocycles. The first-order valence-electron chi connectivity index (χ1n) is 9.70. The van der Waals surface area contributed by atoms with Crippen molar-refractivity contribution in [3.8, 4) is 16.9 Å². The first-order valence-corrected chi connectivity index (χ1v) is 9.70. The van der Waals surface area contributed by atoms with Crippen LogP contribution in [0, 0.1) is 0 Å². The van der Waals surface area contributed by atoms with Crippen LogP contribution in [0.25, 0.3) is 32.7 Å². The molecule has 0 aliphatic rings. The number of hydrogen-bond acceptors (Lipinski definition) is 2. The van der Waals surface area contributed by atoms with Crippen molar-refractivity contribution < 1.29 is 10.2 Å². The van der Waals surface area contributed by atoms with Gasteiger partial charge in [-0.3, -0.25) is 0 Å². The lowest BCUT2D eigenvalue weighted by Gasteiger charge is -2.20. The van der Waals surface area contributed by atoms with Crippen molar-refractivity contribution in [3.63, 3.8) is 0 Å². The lowest BCUT2D eigenvalue weighted by atomic mass is 9.86. The van der Waals surface area contributed by atoms with Gasteiger partial charge >= 0.3 is 0 Å². The number of benzene rings is 5. The zero-order valence-electron chi connectivity index (χ0n) is 15.8. The van der Waals surface area contributed by atoms with Gasteiger partial charge in [0.2, 0.25) is 0 Å². The van der Waals surface area contributed by atoms with Crippen molar-refractivity contribution >= 4 is 21.5 Å². The van der Waals surface area contributed by atoms with Crippen LogP contribution in [-0.4, -0.2) is 10.2 Å². The van der Waals surface area contributed by atoms with E-state index in [-0.39, 0.29) is 5.75 Å². The fourth-order valence-corrected chi connectivity index (χ4v) is 4.13. The smallest absolute Gasteiger partial charge is 0.124 e. The summed E-state index contributed by atoms with van der Waals surface area (Å²) in [6.45, 7) is 0. The number of fused-ring (bicyclic) bond motifs is 2. The minimum absolute atomic E-state index is 0.210. The van der Waals surface area contributed by atoms with Crippen LogP contribution < -0.4 is 0 Å². The molecule has 0 spiro atoms. The molecule has 0 saturated carbocycles. The molecule has 2 nitrogen and oxygen atoms in total. The van der Waals surface area contributed by atoms with E-state index < -0.39 is 6.10 Å². The molecule has 0 aromatic heterocycles. The van der Waals surface area contributed by atoms with Gasteiger partial charge in [-0.25, -0.2) is 0 Å². The van der Waals surface area contributed by atoms with E-state index in [1.54, 1.807) is 6.07 Å². The molecule has 2 heteroatoms. The Morgan fingerprint density at radius 1 is 0.517 bits per heavy atom. The second-order valence-corrected chi connectivity index (χ2v) is 7.24. The zero-order chi connectivity index (χ0) is 19.8. The van der Waals surface area contributed by atoms with E-state index in [1.165, 1.54) is 0 Å². The monoisotopic (exact) mass is 376 g/mol. The van der Waals surface area contributed by atoms with Gasteiger partial charge in [0.05, 0.1) is 0 Å². The predicted octanol–water partition coefficient (Wildman–Crippen LogP) is 6.45. The summed E-state index contributed by atoms with van der Waals surface area (Å²) in [6.07, 6.45) is -0.797. The van der Waals surface area contributed by atoms with Crippen molar-refractivity contribution in [2.45, 2.75) is 6.10 Å². The van der Waals surface area contributed by atoms with E-state index in [1.807, 2.05) is 91.0 Å².